The molecule has 2 aliphatic rings. The molecular formula is C18H24N4O3S. The van der Waals surface area contributed by atoms with Crippen LogP contribution in [0.25, 0.3) is 11.0 Å². The normalized spacial score (nSPS) is 25.7. The molecule has 0 radical (unpaired) electrons. The van der Waals surface area contributed by atoms with Crippen LogP contribution in [-0.2, 0) is 9.84 Å². The first-order chi connectivity index (χ1) is 12.3. The number of rotatable bonds is 2. The Morgan fingerprint density at radius 2 is 2.15 bits per heavy atom. The van der Waals surface area contributed by atoms with Gasteiger partial charge < -0.3 is 14.8 Å². The smallest absolute Gasteiger partial charge is 0.254 e. The number of hydrogen-bond donors (Lipinski definition) is 1. The van der Waals surface area contributed by atoms with Crippen LogP contribution in [0.2, 0.25) is 0 Å². The molecule has 7 nitrogen and oxygen atoms in total. The number of aromatic nitrogens is 2. The summed E-state index contributed by atoms with van der Waals surface area (Å²) in [5.74, 6) is 1.21. The summed E-state index contributed by atoms with van der Waals surface area (Å²) < 4.78 is 25.7. The van der Waals surface area contributed by atoms with E-state index in [-0.39, 0.29) is 23.5 Å². The maximum absolute atomic E-state index is 12.8. The number of carbonyl (C=O) groups is 1. The lowest BCUT2D eigenvalue weighted by Gasteiger charge is -2.32. The summed E-state index contributed by atoms with van der Waals surface area (Å²) in [6.07, 6.45) is 0.619. The lowest BCUT2D eigenvalue weighted by Crippen LogP contribution is -2.51. The van der Waals surface area contributed by atoms with E-state index in [1.807, 2.05) is 34.6 Å². The van der Waals surface area contributed by atoms with Crippen LogP contribution in [0.1, 0.15) is 35.6 Å². The van der Waals surface area contributed by atoms with E-state index < -0.39 is 9.84 Å². The van der Waals surface area contributed by atoms with E-state index in [1.54, 1.807) is 0 Å². The second-order valence-corrected chi connectivity index (χ2v) is 9.62. The molecule has 1 aromatic heterocycles. The Hall–Kier alpha value is -1.93. The number of fused-ring (bicyclic) bond motifs is 1. The fraction of sp³-hybridized carbons (Fsp3) is 0.556. The zero-order valence-corrected chi connectivity index (χ0v) is 15.9. The summed E-state index contributed by atoms with van der Waals surface area (Å²) in [4.78, 5) is 19.3. The number of nitrogens with zero attached hydrogens (tertiary/aromatic N) is 3. The monoisotopic (exact) mass is 376 g/mol. The van der Waals surface area contributed by atoms with Gasteiger partial charge in [0.2, 0.25) is 0 Å². The molecule has 2 aliphatic heterocycles. The van der Waals surface area contributed by atoms with Crippen molar-refractivity contribution in [3.8, 4) is 0 Å². The van der Waals surface area contributed by atoms with Gasteiger partial charge in [0.15, 0.2) is 9.84 Å². The topological polar surface area (TPSA) is 84.3 Å². The molecule has 0 unspecified atom stereocenters. The molecule has 2 aromatic rings. The summed E-state index contributed by atoms with van der Waals surface area (Å²) >= 11 is 0. The van der Waals surface area contributed by atoms with E-state index in [1.165, 1.54) is 0 Å². The van der Waals surface area contributed by atoms with Gasteiger partial charge in [-0.05, 0) is 38.5 Å². The largest absolute Gasteiger partial charge is 0.336 e. The molecule has 2 saturated heterocycles. The summed E-state index contributed by atoms with van der Waals surface area (Å²) in [6, 6.07) is 5.79. The van der Waals surface area contributed by atoms with Crippen molar-refractivity contribution in [1.29, 1.82) is 0 Å². The number of benzene rings is 1. The molecule has 26 heavy (non-hydrogen) atoms. The predicted octanol–water partition coefficient (Wildman–Crippen LogP) is 1.14. The van der Waals surface area contributed by atoms with Crippen LogP contribution in [0.3, 0.4) is 0 Å². The van der Waals surface area contributed by atoms with E-state index >= 15 is 0 Å². The number of sulfone groups is 1. The van der Waals surface area contributed by atoms with E-state index in [9.17, 15) is 13.2 Å². The van der Waals surface area contributed by atoms with Crippen molar-refractivity contribution in [2.75, 3.05) is 31.1 Å². The van der Waals surface area contributed by atoms with Crippen molar-refractivity contribution in [3.63, 3.8) is 0 Å². The first-order valence-corrected chi connectivity index (χ1v) is 10.9. The van der Waals surface area contributed by atoms with E-state index in [0.29, 0.717) is 31.1 Å². The summed E-state index contributed by atoms with van der Waals surface area (Å²) in [5.41, 5.74) is 2.28. The quantitative estimate of drug-likeness (QED) is 0.850. The van der Waals surface area contributed by atoms with Gasteiger partial charge in [-0.2, -0.15) is 0 Å². The second-order valence-electron chi connectivity index (χ2n) is 7.40. The lowest BCUT2D eigenvalue weighted by atomic mass is 10.1. The van der Waals surface area contributed by atoms with E-state index in [0.717, 1.165) is 23.4 Å². The van der Waals surface area contributed by atoms with Gasteiger partial charge in [-0.25, -0.2) is 13.4 Å². The molecule has 1 amide bonds. The Balaban J connectivity index is 1.66. The third-order valence-electron chi connectivity index (χ3n) is 5.34. The van der Waals surface area contributed by atoms with Crippen molar-refractivity contribution >= 4 is 26.8 Å². The van der Waals surface area contributed by atoms with Gasteiger partial charge in [-0.15, -0.1) is 0 Å². The molecule has 4 rings (SSSR count). The van der Waals surface area contributed by atoms with Gasteiger partial charge in [0.05, 0.1) is 28.6 Å². The van der Waals surface area contributed by atoms with Crippen molar-refractivity contribution in [3.05, 3.63) is 29.6 Å². The molecule has 2 atom stereocenters. The molecule has 8 heteroatoms. The Bertz CT molecular complexity index is 966. The number of amides is 1. The Kier molecular flexibility index (Phi) is 4.27. The predicted molar refractivity (Wildman–Crippen MR) is 100 cm³/mol. The first-order valence-electron chi connectivity index (χ1n) is 9.06. The Labute approximate surface area is 153 Å². The van der Waals surface area contributed by atoms with Gasteiger partial charge in [-0.3, -0.25) is 4.79 Å². The fourth-order valence-corrected chi connectivity index (χ4v) is 5.79. The summed E-state index contributed by atoms with van der Waals surface area (Å²) in [6.45, 7) is 6.17. The average molecular weight is 376 g/mol. The number of piperazine rings is 1. The van der Waals surface area contributed by atoms with Crippen LogP contribution in [0.4, 0.5) is 0 Å². The second kappa shape index (κ2) is 6.35. The van der Waals surface area contributed by atoms with Crippen LogP contribution in [-0.4, -0.2) is 66.0 Å². The highest BCUT2D eigenvalue weighted by Crippen LogP contribution is 2.29. The zero-order chi connectivity index (χ0) is 18.5. The maximum Gasteiger partial charge on any atom is 0.254 e. The summed E-state index contributed by atoms with van der Waals surface area (Å²) in [5, 5.41) is 3.34. The number of hydrogen-bond acceptors (Lipinski definition) is 5. The minimum Gasteiger partial charge on any atom is -0.336 e. The zero-order valence-electron chi connectivity index (χ0n) is 15.1. The highest BCUT2D eigenvalue weighted by Gasteiger charge is 2.31. The van der Waals surface area contributed by atoms with Gasteiger partial charge in [-0.1, -0.05) is 0 Å². The van der Waals surface area contributed by atoms with Crippen molar-refractivity contribution < 1.29 is 13.2 Å². The number of imidazole rings is 1. The molecule has 0 saturated carbocycles. The molecule has 2 fully saturated rings. The van der Waals surface area contributed by atoms with Crippen LogP contribution in [0, 0.1) is 6.92 Å². The SMILES string of the molecule is Cc1nc2cc(C(=O)N3CCN[C@H](C)C3)ccc2n1[C@@H]1CCS(=O)(=O)C1. The number of carbonyl (C=O) groups excluding carboxylic acids is 1. The average Bonchev–Trinajstić information content (AvgIpc) is 3.11. The molecule has 0 bridgehead atoms. The molecule has 1 N–H and O–H groups in total. The molecular weight excluding hydrogens is 352 g/mol. The van der Waals surface area contributed by atoms with Crippen LogP contribution < -0.4 is 5.32 Å². The maximum atomic E-state index is 12.8. The van der Waals surface area contributed by atoms with E-state index in [4.69, 9.17) is 0 Å². The Morgan fingerprint density at radius 1 is 1.35 bits per heavy atom. The van der Waals surface area contributed by atoms with Crippen molar-refractivity contribution in [2.24, 2.45) is 0 Å². The van der Waals surface area contributed by atoms with Crippen LogP contribution in [0.5, 0.6) is 0 Å². The lowest BCUT2D eigenvalue weighted by molar-refractivity contribution is 0.0709. The standard InChI is InChI=1S/C18H24N4O3S/c1-12-10-21(7-6-19-12)18(23)14-3-4-17-16(9-14)20-13(2)22(17)15-5-8-26(24,25)11-15/h3-4,9,12,15,19H,5-8,10-11H2,1-2H3/t12-,15-/m1/s1. The minimum atomic E-state index is -2.96. The molecule has 3 heterocycles. The highest BCUT2D eigenvalue weighted by molar-refractivity contribution is 7.91. The van der Waals surface area contributed by atoms with Crippen LogP contribution in [0.15, 0.2) is 18.2 Å². The number of nitrogens with one attached hydrogen (secondary N) is 1. The van der Waals surface area contributed by atoms with Gasteiger partial charge in [0.25, 0.3) is 5.91 Å². The molecule has 0 aliphatic carbocycles. The third-order valence-corrected chi connectivity index (χ3v) is 7.09. The molecule has 140 valence electrons. The molecule has 1 aromatic carbocycles. The van der Waals surface area contributed by atoms with Gasteiger partial charge in [0, 0.05) is 31.2 Å². The highest BCUT2D eigenvalue weighted by atomic mass is 32.2. The fourth-order valence-electron chi connectivity index (χ4n) is 4.09. The van der Waals surface area contributed by atoms with Gasteiger partial charge in [0.1, 0.15) is 5.82 Å². The number of aryl methyl sites for hydroxylation is 1. The summed E-state index contributed by atoms with van der Waals surface area (Å²) in [7, 11) is -2.96. The third kappa shape index (κ3) is 3.12. The Morgan fingerprint density at radius 3 is 2.85 bits per heavy atom. The van der Waals surface area contributed by atoms with Crippen molar-refractivity contribution in [2.45, 2.75) is 32.4 Å². The van der Waals surface area contributed by atoms with E-state index in [2.05, 4.69) is 17.2 Å². The van der Waals surface area contributed by atoms with Gasteiger partial charge >= 0.3 is 0 Å². The first kappa shape index (κ1) is 17.5. The molecule has 0 spiro atoms. The van der Waals surface area contributed by atoms with Crippen molar-refractivity contribution in [1.82, 2.24) is 19.8 Å². The van der Waals surface area contributed by atoms with Crippen LogP contribution >= 0.6 is 0 Å². The minimum absolute atomic E-state index is 0.0240.